The van der Waals surface area contributed by atoms with Crippen molar-refractivity contribution in [1.82, 2.24) is 15.0 Å². The topological polar surface area (TPSA) is 79.4 Å². The zero-order valence-electron chi connectivity index (χ0n) is 16.4. The number of nitrogens with zero attached hydrogens (tertiary/aromatic N) is 6. The molecule has 0 saturated carbocycles. The van der Waals surface area contributed by atoms with Gasteiger partial charge in [-0.25, -0.2) is 0 Å². The summed E-state index contributed by atoms with van der Waals surface area (Å²) in [5.41, 5.74) is 2.27. The van der Waals surface area contributed by atoms with E-state index >= 15 is 0 Å². The van der Waals surface area contributed by atoms with Crippen LogP contribution in [-0.2, 0) is 0 Å². The summed E-state index contributed by atoms with van der Waals surface area (Å²) in [6.45, 7) is 3.21. The molecule has 0 N–H and O–H groups in total. The Labute approximate surface area is 169 Å². The van der Waals surface area contributed by atoms with E-state index < -0.39 is 0 Å². The van der Waals surface area contributed by atoms with Gasteiger partial charge >= 0.3 is 0 Å². The fraction of sp³-hybridized carbons (Fsp3) is 0.286. The molecule has 0 radical (unpaired) electrons. The zero-order valence-corrected chi connectivity index (χ0v) is 16.4. The van der Waals surface area contributed by atoms with E-state index in [1.165, 1.54) is 4.80 Å². The van der Waals surface area contributed by atoms with Gasteiger partial charge in [-0.1, -0.05) is 0 Å². The highest BCUT2D eigenvalue weighted by molar-refractivity contribution is 5.54. The Morgan fingerprint density at radius 2 is 1.28 bits per heavy atom. The van der Waals surface area contributed by atoms with Gasteiger partial charge in [0, 0.05) is 31.9 Å². The van der Waals surface area contributed by atoms with Crippen molar-refractivity contribution in [2.24, 2.45) is 0 Å². The molecule has 0 aliphatic carbocycles. The van der Waals surface area contributed by atoms with E-state index in [0.717, 1.165) is 49.1 Å². The number of benzene rings is 2. The molecule has 1 aromatic heterocycles. The van der Waals surface area contributed by atoms with Crippen LogP contribution in [-0.4, -0.2) is 55.4 Å². The van der Waals surface area contributed by atoms with Gasteiger partial charge in [0.1, 0.15) is 17.6 Å². The first-order valence-corrected chi connectivity index (χ1v) is 9.37. The van der Waals surface area contributed by atoms with Gasteiger partial charge in [0.15, 0.2) is 5.82 Å². The van der Waals surface area contributed by atoms with Gasteiger partial charge in [0.2, 0.25) is 5.69 Å². The third kappa shape index (κ3) is 3.80. The molecule has 148 valence electrons. The van der Waals surface area contributed by atoms with Crippen molar-refractivity contribution in [2.75, 3.05) is 50.2 Å². The molecule has 29 heavy (non-hydrogen) atoms. The van der Waals surface area contributed by atoms with Crippen LogP contribution in [0, 0.1) is 11.3 Å². The van der Waals surface area contributed by atoms with Crippen LogP contribution < -0.4 is 19.3 Å². The molecular formula is C21H22N6O2. The summed E-state index contributed by atoms with van der Waals surface area (Å²) >= 11 is 0. The second-order valence-electron chi connectivity index (χ2n) is 6.64. The summed E-state index contributed by atoms with van der Waals surface area (Å²) < 4.78 is 10.4. The minimum Gasteiger partial charge on any atom is -0.497 e. The minimum atomic E-state index is 0.332. The van der Waals surface area contributed by atoms with Crippen molar-refractivity contribution in [3.8, 4) is 23.3 Å². The first-order valence-electron chi connectivity index (χ1n) is 9.37. The van der Waals surface area contributed by atoms with E-state index in [0.29, 0.717) is 11.5 Å². The maximum atomic E-state index is 9.54. The summed E-state index contributed by atoms with van der Waals surface area (Å²) in [7, 11) is 3.29. The lowest BCUT2D eigenvalue weighted by Crippen LogP contribution is -2.47. The molecular weight excluding hydrogens is 368 g/mol. The summed E-state index contributed by atoms with van der Waals surface area (Å²) in [4.78, 5) is 5.94. The maximum Gasteiger partial charge on any atom is 0.207 e. The van der Waals surface area contributed by atoms with Gasteiger partial charge in [-0.3, -0.25) is 0 Å². The predicted molar refractivity (Wildman–Crippen MR) is 110 cm³/mol. The average Bonchev–Trinajstić information content (AvgIpc) is 3.24. The number of ether oxygens (including phenoxy) is 2. The summed E-state index contributed by atoms with van der Waals surface area (Å²) in [5, 5.41) is 18.5. The van der Waals surface area contributed by atoms with Gasteiger partial charge < -0.3 is 19.3 Å². The van der Waals surface area contributed by atoms with Gasteiger partial charge in [0.05, 0.1) is 19.9 Å². The molecule has 4 rings (SSSR count). The lowest BCUT2D eigenvalue weighted by Gasteiger charge is -2.36. The van der Waals surface area contributed by atoms with Crippen molar-refractivity contribution in [3.63, 3.8) is 0 Å². The van der Waals surface area contributed by atoms with E-state index in [-0.39, 0.29) is 0 Å². The highest BCUT2D eigenvalue weighted by atomic mass is 16.5. The molecule has 1 fully saturated rings. The first-order chi connectivity index (χ1) is 14.2. The number of nitriles is 1. The van der Waals surface area contributed by atoms with Crippen molar-refractivity contribution in [2.45, 2.75) is 0 Å². The largest absolute Gasteiger partial charge is 0.497 e. The SMILES string of the molecule is COc1ccc(N2CCN(c3nn(-c4ccc(OC)cc4)nc3C#N)CC2)cc1. The van der Waals surface area contributed by atoms with Gasteiger partial charge in [-0.05, 0) is 48.5 Å². The molecule has 0 spiro atoms. The molecule has 3 aromatic rings. The van der Waals surface area contributed by atoms with Crippen LogP contribution in [0.5, 0.6) is 11.5 Å². The highest BCUT2D eigenvalue weighted by Crippen LogP contribution is 2.24. The van der Waals surface area contributed by atoms with E-state index in [9.17, 15) is 5.26 Å². The molecule has 8 heteroatoms. The normalized spacial score (nSPS) is 13.8. The maximum absolute atomic E-state index is 9.54. The molecule has 0 amide bonds. The van der Waals surface area contributed by atoms with Crippen molar-refractivity contribution < 1.29 is 9.47 Å². The Hall–Kier alpha value is -3.73. The van der Waals surface area contributed by atoms with Crippen LogP contribution >= 0.6 is 0 Å². The Kier molecular flexibility index (Phi) is 5.20. The summed E-state index contributed by atoms with van der Waals surface area (Å²) in [5.74, 6) is 2.23. The molecule has 0 bridgehead atoms. The van der Waals surface area contributed by atoms with Crippen LogP contribution in [0.4, 0.5) is 11.5 Å². The molecule has 1 saturated heterocycles. The predicted octanol–water partition coefficient (Wildman–Crippen LogP) is 2.48. The third-order valence-electron chi connectivity index (χ3n) is 5.02. The molecule has 8 nitrogen and oxygen atoms in total. The third-order valence-corrected chi connectivity index (χ3v) is 5.02. The second-order valence-corrected chi connectivity index (χ2v) is 6.64. The molecule has 1 aliphatic rings. The fourth-order valence-corrected chi connectivity index (χ4v) is 3.38. The number of rotatable bonds is 5. The Morgan fingerprint density at radius 3 is 1.79 bits per heavy atom. The minimum absolute atomic E-state index is 0.332. The number of hydrogen-bond donors (Lipinski definition) is 0. The zero-order chi connectivity index (χ0) is 20.2. The molecule has 2 aromatic carbocycles. The highest BCUT2D eigenvalue weighted by Gasteiger charge is 2.23. The van der Waals surface area contributed by atoms with E-state index in [4.69, 9.17) is 9.47 Å². The molecule has 2 heterocycles. The van der Waals surface area contributed by atoms with Gasteiger partial charge in [-0.2, -0.15) is 5.26 Å². The summed E-state index contributed by atoms with van der Waals surface area (Å²) in [6.07, 6.45) is 0. The number of aromatic nitrogens is 3. The van der Waals surface area contributed by atoms with Gasteiger partial charge in [0.25, 0.3) is 0 Å². The molecule has 1 aliphatic heterocycles. The summed E-state index contributed by atoms with van der Waals surface area (Å²) in [6, 6.07) is 17.7. The second kappa shape index (κ2) is 8.10. The van der Waals surface area contributed by atoms with Crippen molar-refractivity contribution in [3.05, 3.63) is 54.2 Å². The average molecular weight is 390 g/mol. The van der Waals surface area contributed by atoms with E-state index in [1.54, 1.807) is 14.2 Å². The lowest BCUT2D eigenvalue weighted by molar-refractivity contribution is 0.414. The van der Waals surface area contributed by atoms with E-state index in [1.807, 2.05) is 36.4 Å². The van der Waals surface area contributed by atoms with Crippen LogP contribution in [0.25, 0.3) is 5.69 Å². The Balaban J connectivity index is 1.49. The fourth-order valence-electron chi connectivity index (χ4n) is 3.38. The molecule has 0 atom stereocenters. The smallest absolute Gasteiger partial charge is 0.207 e. The Morgan fingerprint density at radius 1 is 0.759 bits per heavy atom. The number of methoxy groups -OCH3 is 2. The monoisotopic (exact) mass is 390 g/mol. The quantitative estimate of drug-likeness (QED) is 0.662. The van der Waals surface area contributed by atoms with Gasteiger partial charge in [-0.15, -0.1) is 15.0 Å². The van der Waals surface area contributed by atoms with Crippen LogP contribution in [0.1, 0.15) is 5.69 Å². The first kappa shape index (κ1) is 18.6. The standard InChI is InChI=1S/C21H22N6O2/c1-28-18-7-3-16(4-8-18)25-11-13-26(14-12-25)21-20(15-22)23-27(24-21)17-5-9-19(29-2)10-6-17/h3-10H,11-14H2,1-2H3. The molecule has 0 unspecified atom stereocenters. The van der Waals surface area contributed by atoms with Crippen molar-refractivity contribution in [1.29, 1.82) is 5.26 Å². The lowest BCUT2D eigenvalue weighted by atomic mass is 10.2. The number of piperazine rings is 1. The van der Waals surface area contributed by atoms with Crippen LogP contribution in [0.3, 0.4) is 0 Å². The van der Waals surface area contributed by atoms with Crippen molar-refractivity contribution >= 4 is 11.5 Å². The number of anilines is 2. The number of hydrogen-bond acceptors (Lipinski definition) is 7. The Bertz CT molecular complexity index is 999. The van der Waals surface area contributed by atoms with E-state index in [2.05, 4.69) is 38.2 Å². The van der Waals surface area contributed by atoms with Crippen LogP contribution in [0.2, 0.25) is 0 Å². The van der Waals surface area contributed by atoms with Crippen LogP contribution in [0.15, 0.2) is 48.5 Å².